The van der Waals surface area contributed by atoms with Crippen molar-refractivity contribution >= 4 is 11.6 Å². The average Bonchev–Trinajstić information content (AvgIpc) is 2.06. The lowest BCUT2D eigenvalue weighted by Gasteiger charge is -2.27. The molecule has 0 N–H and O–H groups in total. The third-order valence-electron chi connectivity index (χ3n) is 2.40. The highest BCUT2D eigenvalue weighted by atomic mass is 35.5. The molecule has 3 heteroatoms. The molecular weight excluding hydrogens is 186 g/mol. The lowest BCUT2D eigenvalue weighted by Crippen LogP contribution is -2.36. The molecule has 0 amide bonds. The number of alkyl halides is 1. The van der Waals surface area contributed by atoms with Gasteiger partial charge in [-0.15, -0.1) is 11.6 Å². The highest BCUT2D eigenvalue weighted by molar-refractivity contribution is 6.20. The van der Waals surface area contributed by atoms with Crippen molar-refractivity contribution in [3.05, 3.63) is 0 Å². The first-order valence-corrected chi connectivity index (χ1v) is 5.42. The summed E-state index contributed by atoms with van der Waals surface area (Å²) in [5.41, 5.74) is 0. The van der Waals surface area contributed by atoms with E-state index in [-0.39, 0.29) is 5.38 Å². The maximum absolute atomic E-state index is 6.07. The van der Waals surface area contributed by atoms with Crippen LogP contribution in [0.2, 0.25) is 0 Å². The van der Waals surface area contributed by atoms with Gasteiger partial charge in [0.25, 0.3) is 0 Å². The van der Waals surface area contributed by atoms with Crippen LogP contribution in [-0.4, -0.2) is 43.6 Å². The Balaban J connectivity index is 3.75. The second kappa shape index (κ2) is 7.60. The van der Waals surface area contributed by atoms with E-state index in [0.717, 1.165) is 6.54 Å². The van der Waals surface area contributed by atoms with Crippen LogP contribution in [0.4, 0.5) is 0 Å². The van der Waals surface area contributed by atoms with Gasteiger partial charge in [-0.25, -0.2) is 0 Å². The van der Waals surface area contributed by atoms with E-state index in [9.17, 15) is 0 Å². The van der Waals surface area contributed by atoms with Crippen LogP contribution in [0.5, 0.6) is 0 Å². The van der Waals surface area contributed by atoms with Crippen molar-refractivity contribution in [2.45, 2.75) is 38.1 Å². The van der Waals surface area contributed by atoms with Crippen molar-refractivity contribution in [3.63, 3.8) is 0 Å². The Morgan fingerprint density at radius 3 is 2.23 bits per heavy atom. The van der Waals surface area contributed by atoms with Crippen molar-refractivity contribution in [1.82, 2.24) is 4.90 Å². The van der Waals surface area contributed by atoms with E-state index in [2.05, 4.69) is 25.8 Å². The molecule has 0 fully saturated rings. The van der Waals surface area contributed by atoms with Crippen molar-refractivity contribution < 1.29 is 4.74 Å². The van der Waals surface area contributed by atoms with E-state index in [1.54, 1.807) is 7.11 Å². The molecule has 2 nitrogen and oxygen atoms in total. The van der Waals surface area contributed by atoms with Gasteiger partial charge in [0.2, 0.25) is 0 Å². The topological polar surface area (TPSA) is 12.5 Å². The van der Waals surface area contributed by atoms with E-state index in [1.165, 1.54) is 12.8 Å². The van der Waals surface area contributed by atoms with Gasteiger partial charge in [-0.1, -0.05) is 13.8 Å². The van der Waals surface area contributed by atoms with Gasteiger partial charge in [0, 0.05) is 19.7 Å². The van der Waals surface area contributed by atoms with Crippen LogP contribution in [0.3, 0.4) is 0 Å². The second-order valence-corrected chi connectivity index (χ2v) is 4.08. The Bertz CT molecular complexity index is 117. The zero-order valence-corrected chi connectivity index (χ0v) is 9.97. The van der Waals surface area contributed by atoms with E-state index in [4.69, 9.17) is 16.3 Å². The molecule has 0 radical (unpaired) electrons. The fraction of sp³-hybridized carbons (Fsp3) is 1.00. The summed E-state index contributed by atoms with van der Waals surface area (Å²) in [6, 6.07) is 0.651. The SMILES string of the molecule is CCC(CC)N(C)CC(Cl)COC. The van der Waals surface area contributed by atoms with E-state index < -0.39 is 0 Å². The van der Waals surface area contributed by atoms with Crippen LogP contribution < -0.4 is 0 Å². The summed E-state index contributed by atoms with van der Waals surface area (Å²) < 4.78 is 4.99. The summed E-state index contributed by atoms with van der Waals surface area (Å²) in [5, 5.41) is 0.107. The third-order valence-corrected chi connectivity index (χ3v) is 2.66. The predicted molar refractivity (Wildman–Crippen MR) is 58.5 cm³/mol. The van der Waals surface area contributed by atoms with E-state index in [0.29, 0.717) is 12.6 Å². The molecule has 0 spiro atoms. The van der Waals surface area contributed by atoms with Gasteiger partial charge in [0.15, 0.2) is 0 Å². The molecule has 0 heterocycles. The van der Waals surface area contributed by atoms with Gasteiger partial charge < -0.3 is 9.64 Å². The van der Waals surface area contributed by atoms with Crippen LogP contribution in [0, 0.1) is 0 Å². The maximum atomic E-state index is 6.07. The number of ether oxygens (including phenoxy) is 1. The highest BCUT2D eigenvalue weighted by Gasteiger charge is 2.14. The molecule has 0 aliphatic rings. The van der Waals surface area contributed by atoms with Gasteiger partial charge in [-0.05, 0) is 19.9 Å². The Hall–Kier alpha value is 0.210. The molecule has 0 aromatic heterocycles. The molecular formula is C10H22ClNO. The maximum Gasteiger partial charge on any atom is 0.0696 e. The number of hydrogen-bond donors (Lipinski definition) is 0. The van der Waals surface area contributed by atoms with E-state index >= 15 is 0 Å². The first-order valence-electron chi connectivity index (χ1n) is 4.98. The minimum atomic E-state index is 0.107. The third kappa shape index (κ3) is 5.50. The predicted octanol–water partition coefficient (Wildman–Crippen LogP) is 2.36. The molecule has 0 aliphatic heterocycles. The summed E-state index contributed by atoms with van der Waals surface area (Å²) in [6.45, 7) is 5.96. The smallest absolute Gasteiger partial charge is 0.0696 e. The van der Waals surface area contributed by atoms with Gasteiger partial charge in [0.05, 0.1) is 12.0 Å². The molecule has 13 heavy (non-hydrogen) atoms. The number of nitrogens with zero attached hydrogens (tertiary/aromatic N) is 1. The zero-order valence-electron chi connectivity index (χ0n) is 9.22. The molecule has 0 aliphatic carbocycles. The average molecular weight is 208 g/mol. The van der Waals surface area contributed by atoms with Gasteiger partial charge in [-0.2, -0.15) is 0 Å². The normalized spacial score (nSPS) is 14.1. The van der Waals surface area contributed by atoms with Crippen molar-refractivity contribution in [2.24, 2.45) is 0 Å². The molecule has 1 atom stereocenters. The van der Waals surface area contributed by atoms with Crippen molar-refractivity contribution in [3.8, 4) is 0 Å². The number of halogens is 1. The first kappa shape index (κ1) is 13.2. The van der Waals surface area contributed by atoms with Crippen molar-refractivity contribution in [1.29, 1.82) is 0 Å². The largest absolute Gasteiger partial charge is 0.383 e. The summed E-state index contributed by atoms with van der Waals surface area (Å²) >= 11 is 6.07. The molecule has 1 unspecified atom stereocenters. The summed E-state index contributed by atoms with van der Waals surface area (Å²) in [6.07, 6.45) is 2.37. The van der Waals surface area contributed by atoms with Gasteiger partial charge in [-0.3, -0.25) is 0 Å². The van der Waals surface area contributed by atoms with Crippen LogP contribution in [-0.2, 0) is 4.74 Å². The first-order chi connectivity index (χ1) is 6.15. The quantitative estimate of drug-likeness (QED) is 0.595. The fourth-order valence-electron chi connectivity index (χ4n) is 1.61. The summed E-state index contributed by atoms with van der Waals surface area (Å²) in [4.78, 5) is 2.32. The van der Waals surface area contributed by atoms with Gasteiger partial charge in [0.1, 0.15) is 0 Å². The highest BCUT2D eigenvalue weighted by Crippen LogP contribution is 2.08. The molecule has 0 saturated carbocycles. The minimum Gasteiger partial charge on any atom is -0.383 e. The fourth-order valence-corrected chi connectivity index (χ4v) is 1.95. The van der Waals surface area contributed by atoms with Gasteiger partial charge >= 0.3 is 0 Å². The Labute approximate surface area is 87.2 Å². The molecule has 0 rings (SSSR count). The van der Waals surface area contributed by atoms with Crippen LogP contribution in [0.15, 0.2) is 0 Å². The summed E-state index contributed by atoms with van der Waals surface area (Å²) in [5.74, 6) is 0. The monoisotopic (exact) mass is 207 g/mol. The Kier molecular flexibility index (Phi) is 7.72. The number of rotatable bonds is 7. The Morgan fingerprint density at radius 2 is 1.85 bits per heavy atom. The van der Waals surface area contributed by atoms with Crippen LogP contribution in [0.25, 0.3) is 0 Å². The lowest BCUT2D eigenvalue weighted by molar-refractivity contribution is 0.165. The number of methoxy groups -OCH3 is 1. The van der Waals surface area contributed by atoms with Crippen LogP contribution in [0.1, 0.15) is 26.7 Å². The molecule has 80 valence electrons. The Morgan fingerprint density at radius 1 is 1.31 bits per heavy atom. The lowest BCUT2D eigenvalue weighted by atomic mass is 10.1. The van der Waals surface area contributed by atoms with E-state index in [1.807, 2.05) is 0 Å². The molecule has 0 bridgehead atoms. The molecule has 0 aromatic carbocycles. The summed E-state index contributed by atoms with van der Waals surface area (Å²) in [7, 11) is 3.81. The molecule has 0 aromatic rings. The standard InChI is InChI=1S/C10H22ClNO/c1-5-10(6-2)12(3)7-9(11)8-13-4/h9-10H,5-8H2,1-4H3. The number of hydrogen-bond acceptors (Lipinski definition) is 2. The van der Waals surface area contributed by atoms with Crippen LogP contribution >= 0.6 is 11.6 Å². The molecule has 0 saturated heterocycles. The minimum absolute atomic E-state index is 0.107. The zero-order chi connectivity index (χ0) is 10.3. The van der Waals surface area contributed by atoms with Crippen molar-refractivity contribution in [2.75, 3.05) is 27.3 Å². The second-order valence-electron chi connectivity index (χ2n) is 3.46.